The molecule has 1 unspecified atom stereocenters. The number of benzene rings is 1. The molecule has 0 saturated heterocycles. The summed E-state index contributed by atoms with van der Waals surface area (Å²) in [4.78, 5) is 10.9. The summed E-state index contributed by atoms with van der Waals surface area (Å²) in [6.07, 6.45) is 7.60. The number of likely N-dealkylation sites (N-methyl/N-ethyl adjacent to an activating group) is 1. The molecule has 0 aliphatic rings. The monoisotopic (exact) mass is 399 g/mol. The summed E-state index contributed by atoms with van der Waals surface area (Å²) in [7, 11) is 2.02. The molecule has 0 N–H and O–H groups in total. The van der Waals surface area contributed by atoms with Gasteiger partial charge < -0.3 is 9.64 Å². The lowest BCUT2D eigenvalue weighted by atomic mass is 10.2. The molecular formula is C25H41N3O. The van der Waals surface area contributed by atoms with Gasteiger partial charge in [0, 0.05) is 32.6 Å². The second-order valence-electron chi connectivity index (χ2n) is 7.12. The summed E-state index contributed by atoms with van der Waals surface area (Å²) >= 11 is 0. The quantitative estimate of drug-likeness (QED) is 0.326. The standard InChI is InChI=1S/C17H23N3.C8H18O/c1-6-18-16(14(3)4)17(19-7-2)20(5)13-15-11-9-8-10-12-15;1-4-6-7-8(3)9-5-2/h6-12H,2,13H2,1,3-5H3;8H,4-7H2,1-3H3. The first-order valence-corrected chi connectivity index (χ1v) is 10.6. The van der Waals surface area contributed by atoms with Crippen LogP contribution >= 0.6 is 0 Å². The molecule has 4 heteroatoms. The van der Waals surface area contributed by atoms with Crippen LogP contribution < -0.4 is 0 Å². The average molecular weight is 400 g/mol. The molecule has 0 aromatic heterocycles. The highest BCUT2D eigenvalue weighted by Gasteiger charge is 2.13. The lowest BCUT2D eigenvalue weighted by molar-refractivity contribution is 0.0687. The Kier molecular flexibility index (Phi) is 15.5. The van der Waals surface area contributed by atoms with Crippen LogP contribution in [0.4, 0.5) is 0 Å². The Bertz CT molecular complexity index is 643. The Morgan fingerprint density at radius 3 is 2.34 bits per heavy atom. The van der Waals surface area contributed by atoms with Gasteiger partial charge in [-0.1, -0.05) is 56.7 Å². The van der Waals surface area contributed by atoms with Crippen LogP contribution in [-0.4, -0.2) is 36.7 Å². The molecule has 1 aromatic carbocycles. The van der Waals surface area contributed by atoms with E-state index < -0.39 is 0 Å². The van der Waals surface area contributed by atoms with Crippen molar-refractivity contribution in [3.63, 3.8) is 0 Å². The number of unbranched alkanes of at least 4 members (excludes halogenated alkanes) is 1. The molecule has 0 amide bonds. The van der Waals surface area contributed by atoms with Crippen molar-refractivity contribution in [2.24, 2.45) is 9.98 Å². The van der Waals surface area contributed by atoms with Gasteiger partial charge in [0.15, 0.2) is 5.84 Å². The highest BCUT2D eigenvalue weighted by molar-refractivity contribution is 5.99. The number of hydrogen-bond acceptors (Lipinski definition) is 3. The highest BCUT2D eigenvalue weighted by Crippen LogP contribution is 2.13. The highest BCUT2D eigenvalue weighted by atomic mass is 16.5. The van der Waals surface area contributed by atoms with Crippen LogP contribution in [0, 0.1) is 0 Å². The van der Waals surface area contributed by atoms with Crippen LogP contribution in [-0.2, 0) is 11.3 Å². The third-order valence-electron chi connectivity index (χ3n) is 4.20. The fourth-order valence-corrected chi connectivity index (χ4v) is 2.76. The maximum absolute atomic E-state index is 5.34. The number of aliphatic imine (C=N–C) groups is 2. The van der Waals surface area contributed by atoms with Crippen molar-refractivity contribution in [1.82, 2.24) is 4.90 Å². The minimum atomic E-state index is 0.468. The lowest BCUT2D eigenvalue weighted by Crippen LogP contribution is -2.28. The van der Waals surface area contributed by atoms with Crippen molar-refractivity contribution in [2.75, 3.05) is 13.7 Å². The molecule has 0 aliphatic heterocycles. The largest absolute Gasteiger partial charge is 0.379 e. The molecule has 0 radical (unpaired) electrons. The molecule has 0 spiro atoms. The summed E-state index contributed by atoms with van der Waals surface area (Å²) in [6, 6.07) is 10.3. The van der Waals surface area contributed by atoms with Crippen LogP contribution in [0.3, 0.4) is 0 Å². The zero-order chi connectivity index (χ0) is 22.1. The molecule has 1 rings (SSSR count). The predicted molar refractivity (Wildman–Crippen MR) is 129 cm³/mol. The van der Waals surface area contributed by atoms with E-state index >= 15 is 0 Å². The van der Waals surface area contributed by atoms with E-state index in [4.69, 9.17) is 4.74 Å². The van der Waals surface area contributed by atoms with E-state index in [9.17, 15) is 0 Å². The number of hydrogen-bond donors (Lipinski definition) is 0. The fraction of sp³-hybridized carbons (Fsp3) is 0.520. The Balaban J connectivity index is 0.000000734. The molecule has 0 fully saturated rings. The average Bonchev–Trinajstić information content (AvgIpc) is 2.70. The first-order valence-electron chi connectivity index (χ1n) is 10.6. The summed E-state index contributed by atoms with van der Waals surface area (Å²) in [5.41, 5.74) is 3.26. The fourth-order valence-electron chi connectivity index (χ4n) is 2.76. The van der Waals surface area contributed by atoms with E-state index in [0.717, 1.165) is 30.3 Å². The van der Waals surface area contributed by atoms with Crippen LogP contribution in [0.15, 0.2) is 64.4 Å². The zero-order valence-corrected chi connectivity index (χ0v) is 19.6. The summed E-state index contributed by atoms with van der Waals surface area (Å²) in [5.74, 6) is 0.835. The molecule has 29 heavy (non-hydrogen) atoms. The number of allylic oxidation sites excluding steroid dienone is 1. The molecule has 4 nitrogen and oxygen atoms in total. The maximum atomic E-state index is 5.34. The molecule has 1 aromatic rings. The summed E-state index contributed by atoms with van der Waals surface area (Å²) in [6.45, 7) is 17.7. The number of rotatable bonds is 10. The third kappa shape index (κ3) is 12.1. The van der Waals surface area contributed by atoms with Crippen LogP contribution in [0.5, 0.6) is 0 Å². The zero-order valence-electron chi connectivity index (χ0n) is 19.6. The molecule has 162 valence electrons. The Hall–Kier alpha value is -2.20. The van der Waals surface area contributed by atoms with Crippen molar-refractivity contribution in [2.45, 2.75) is 73.5 Å². The SMILES string of the molecule is C=CN=C(C(N=CC)=C(C)C)N(C)Cc1ccccc1.CCCCC(C)OCC. The van der Waals surface area contributed by atoms with Crippen molar-refractivity contribution < 1.29 is 4.74 Å². The summed E-state index contributed by atoms with van der Waals surface area (Å²) in [5, 5.41) is 0. The van der Waals surface area contributed by atoms with Crippen molar-refractivity contribution in [3.05, 3.63) is 59.9 Å². The molecular weight excluding hydrogens is 358 g/mol. The smallest absolute Gasteiger partial charge is 0.154 e. The van der Waals surface area contributed by atoms with Gasteiger partial charge in [-0.3, -0.25) is 4.99 Å². The topological polar surface area (TPSA) is 37.2 Å². The van der Waals surface area contributed by atoms with Gasteiger partial charge in [0.1, 0.15) is 5.70 Å². The minimum absolute atomic E-state index is 0.468. The second kappa shape index (κ2) is 16.7. The van der Waals surface area contributed by atoms with E-state index in [0.29, 0.717) is 6.10 Å². The number of nitrogens with zero attached hydrogens (tertiary/aromatic N) is 3. The summed E-state index contributed by atoms with van der Waals surface area (Å²) < 4.78 is 5.34. The van der Waals surface area contributed by atoms with E-state index in [1.165, 1.54) is 24.8 Å². The third-order valence-corrected chi connectivity index (χ3v) is 4.20. The minimum Gasteiger partial charge on any atom is -0.379 e. The first-order chi connectivity index (χ1) is 13.9. The van der Waals surface area contributed by atoms with E-state index in [1.54, 1.807) is 12.4 Å². The van der Waals surface area contributed by atoms with Gasteiger partial charge in [-0.25, -0.2) is 4.99 Å². The van der Waals surface area contributed by atoms with Crippen LogP contribution in [0.2, 0.25) is 0 Å². The van der Waals surface area contributed by atoms with Crippen molar-refractivity contribution >= 4 is 12.1 Å². The van der Waals surface area contributed by atoms with Gasteiger partial charge in [0.25, 0.3) is 0 Å². The Morgan fingerprint density at radius 1 is 1.21 bits per heavy atom. The number of ether oxygens (including phenoxy) is 1. The van der Waals surface area contributed by atoms with Gasteiger partial charge in [0.2, 0.25) is 0 Å². The Morgan fingerprint density at radius 2 is 1.86 bits per heavy atom. The van der Waals surface area contributed by atoms with Crippen molar-refractivity contribution in [3.8, 4) is 0 Å². The van der Waals surface area contributed by atoms with E-state index in [-0.39, 0.29) is 0 Å². The molecule has 0 bridgehead atoms. The maximum Gasteiger partial charge on any atom is 0.154 e. The van der Waals surface area contributed by atoms with E-state index in [2.05, 4.69) is 47.4 Å². The van der Waals surface area contributed by atoms with E-state index in [1.807, 2.05) is 52.9 Å². The van der Waals surface area contributed by atoms with Gasteiger partial charge >= 0.3 is 0 Å². The Labute approximate surface area is 179 Å². The predicted octanol–water partition coefficient (Wildman–Crippen LogP) is 6.65. The van der Waals surface area contributed by atoms with Gasteiger partial charge in [-0.05, 0) is 52.2 Å². The normalized spacial score (nSPS) is 12.2. The lowest BCUT2D eigenvalue weighted by Gasteiger charge is -2.22. The first kappa shape index (κ1) is 26.8. The van der Waals surface area contributed by atoms with Crippen LogP contribution in [0.25, 0.3) is 0 Å². The van der Waals surface area contributed by atoms with Gasteiger partial charge in [-0.2, -0.15) is 0 Å². The van der Waals surface area contributed by atoms with Gasteiger partial charge in [0.05, 0.1) is 6.10 Å². The van der Waals surface area contributed by atoms with Crippen molar-refractivity contribution in [1.29, 1.82) is 0 Å². The van der Waals surface area contributed by atoms with Crippen LogP contribution in [0.1, 0.15) is 66.4 Å². The molecule has 0 aliphatic carbocycles. The number of amidine groups is 1. The van der Waals surface area contributed by atoms with Gasteiger partial charge in [-0.15, -0.1) is 0 Å². The molecule has 1 atom stereocenters. The molecule has 0 saturated carbocycles. The second-order valence-corrected chi connectivity index (χ2v) is 7.12. The molecule has 0 heterocycles.